The lowest BCUT2D eigenvalue weighted by Crippen LogP contribution is -2.32. The number of benzene rings is 4. The second-order valence-electron chi connectivity index (χ2n) is 13.5. The van der Waals surface area contributed by atoms with Crippen LogP contribution in [0.25, 0.3) is 0 Å². The first-order chi connectivity index (χ1) is 23.9. The van der Waals surface area contributed by atoms with Gasteiger partial charge in [-0.25, -0.2) is 5.09 Å². The summed E-state index contributed by atoms with van der Waals surface area (Å²) in [5.74, 6) is 0.102. The number of carbonyl (C=O) groups excluding carboxylic acids is 1. The molecular weight excluding hydrogens is 679 g/mol. The van der Waals surface area contributed by atoms with Gasteiger partial charge in [0.05, 0.1) is 0 Å². The van der Waals surface area contributed by atoms with Crippen LogP contribution >= 0.6 is 23.2 Å². The molecule has 4 rings (SSSR count). The normalized spacial score (nSPS) is 14.6. The third-order valence-corrected chi connectivity index (χ3v) is 15.1. The standard InChI is InChI=1S/C40H52N3O4P3/c1-29-24-31(3)38(32(4)25-29)40(44)50(47,37-20-11-8-12-21-37)43-28-35(16-13-14-22-41-48-45)17-15-23-42-49(46,36-18-9-7-10-19-36)39-33(5)26-30(2)27-34(39)6/h7-12,18-21,24-27,35H,13-17,22-23,28H2,1-6H3,(H,41,45)(H,42,46)(H,43,47). The molecule has 0 saturated carbocycles. The Morgan fingerprint density at radius 3 is 1.74 bits per heavy atom. The average molecular weight is 732 g/mol. The van der Waals surface area contributed by atoms with Crippen LogP contribution in [0.4, 0.5) is 0 Å². The van der Waals surface area contributed by atoms with E-state index in [1.54, 1.807) is 12.1 Å². The summed E-state index contributed by atoms with van der Waals surface area (Å²) >= 11 is 0. The molecule has 0 bridgehead atoms. The minimum Gasteiger partial charge on any atom is -0.297 e. The van der Waals surface area contributed by atoms with Crippen LogP contribution in [-0.2, 0) is 13.7 Å². The van der Waals surface area contributed by atoms with E-state index in [0.29, 0.717) is 30.5 Å². The van der Waals surface area contributed by atoms with Gasteiger partial charge in [-0.1, -0.05) is 78.2 Å². The molecule has 0 aliphatic heterocycles. The lowest BCUT2D eigenvalue weighted by molar-refractivity contribution is 0.107. The Kier molecular flexibility index (Phi) is 14.7. The Bertz CT molecular complexity index is 1820. The van der Waals surface area contributed by atoms with E-state index in [2.05, 4.69) is 34.3 Å². The largest absolute Gasteiger partial charge is 0.297 e. The van der Waals surface area contributed by atoms with Gasteiger partial charge in [-0.15, -0.1) is 0 Å². The Morgan fingerprint density at radius 1 is 0.660 bits per heavy atom. The first-order valence-corrected chi connectivity index (χ1v) is 21.7. The molecule has 0 aliphatic rings. The highest BCUT2D eigenvalue weighted by molar-refractivity contribution is 7.85. The molecule has 0 aliphatic carbocycles. The van der Waals surface area contributed by atoms with E-state index in [9.17, 15) is 18.5 Å². The zero-order valence-corrected chi connectivity index (χ0v) is 33.0. The molecule has 0 amide bonds. The fraction of sp³-hybridized carbons (Fsp3) is 0.375. The van der Waals surface area contributed by atoms with Crippen LogP contribution in [0.2, 0.25) is 0 Å². The van der Waals surface area contributed by atoms with Gasteiger partial charge in [0.25, 0.3) is 0 Å². The summed E-state index contributed by atoms with van der Waals surface area (Å²) in [5.41, 5.74) is 6.00. The van der Waals surface area contributed by atoms with Crippen molar-refractivity contribution in [1.29, 1.82) is 0 Å². The van der Waals surface area contributed by atoms with Crippen molar-refractivity contribution in [3.63, 3.8) is 0 Å². The Labute approximate surface area is 300 Å². The summed E-state index contributed by atoms with van der Waals surface area (Å²) < 4.78 is 40.8. The predicted molar refractivity (Wildman–Crippen MR) is 211 cm³/mol. The smallest absolute Gasteiger partial charge is 0.245 e. The molecule has 50 heavy (non-hydrogen) atoms. The van der Waals surface area contributed by atoms with Gasteiger partial charge in [-0.2, -0.15) is 0 Å². The molecule has 0 saturated heterocycles. The van der Waals surface area contributed by atoms with Crippen molar-refractivity contribution in [2.24, 2.45) is 5.92 Å². The van der Waals surface area contributed by atoms with Crippen LogP contribution in [0.3, 0.4) is 0 Å². The maximum absolute atomic E-state index is 15.0. The lowest BCUT2D eigenvalue weighted by Gasteiger charge is -2.26. The summed E-state index contributed by atoms with van der Waals surface area (Å²) in [6.45, 7) is 13.5. The molecule has 4 aromatic rings. The molecule has 3 atom stereocenters. The van der Waals surface area contributed by atoms with E-state index in [4.69, 9.17) is 0 Å². The molecule has 3 N–H and O–H groups in total. The van der Waals surface area contributed by atoms with Crippen LogP contribution in [0, 0.1) is 47.5 Å². The van der Waals surface area contributed by atoms with Gasteiger partial charge in [-0.05, 0) is 120 Å². The third kappa shape index (κ3) is 9.86. The average Bonchev–Trinajstić information content (AvgIpc) is 3.08. The van der Waals surface area contributed by atoms with Crippen LogP contribution in [-0.4, -0.2) is 25.2 Å². The highest BCUT2D eigenvalue weighted by atomic mass is 31.2. The van der Waals surface area contributed by atoms with Gasteiger partial charge < -0.3 is 0 Å². The Hall–Kier alpha value is -3.01. The minimum atomic E-state index is -3.72. The summed E-state index contributed by atoms with van der Waals surface area (Å²) in [4.78, 5) is 14.3. The zero-order valence-electron chi connectivity index (χ0n) is 30.3. The molecule has 0 radical (unpaired) electrons. The first-order valence-electron chi connectivity index (χ1n) is 17.5. The fourth-order valence-corrected chi connectivity index (χ4v) is 12.5. The van der Waals surface area contributed by atoms with E-state index in [1.165, 1.54) is 0 Å². The van der Waals surface area contributed by atoms with Crippen molar-refractivity contribution in [2.75, 3.05) is 19.6 Å². The first kappa shape index (κ1) is 39.8. The minimum absolute atomic E-state index is 0.0807. The van der Waals surface area contributed by atoms with Gasteiger partial charge in [0.15, 0.2) is 0 Å². The van der Waals surface area contributed by atoms with Crippen molar-refractivity contribution in [2.45, 2.75) is 73.6 Å². The van der Waals surface area contributed by atoms with Crippen LogP contribution in [0.5, 0.6) is 0 Å². The van der Waals surface area contributed by atoms with Gasteiger partial charge in [0, 0.05) is 41.1 Å². The zero-order chi connectivity index (χ0) is 36.3. The lowest BCUT2D eigenvalue weighted by atomic mass is 9.97. The maximum Gasteiger partial charge on any atom is 0.245 e. The van der Waals surface area contributed by atoms with Gasteiger partial charge in [-0.3, -0.25) is 28.7 Å². The van der Waals surface area contributed by atoms with Crippen molar-refractivity contribution in [1.82, 2.24) is 15.3 Å². The van der Waals surface area contributed by atoms with Crippen molar-refractivity contribution < 1.29 is 18.5 Å². The number of aryl methyl sites for hydroxylation is 6. The van der Waals surface area contributed by atoms with E-state index in [0.717, 1.165) is 76.1 Å². The summed E-state index contributed by atoms with van der Waals surface area (Å²) in [7, 11) is -6.95. The monoisotopic (exact) mass is 731 g/mol. The van der Waals surface area contributed by atoms with Gasteiger partial charge in [0.2, 0.25) is 28.7 Å². The molecule has 0 heterocycles. The van der Waals surface area contributed by atoms with E-state index in [-0.39, 0.29) is 20.1 Å². The van der Waals surface area contributed by atoms with Crippen LogP contribution in [0.1, 0.15) is 75.8 Å². The topological polar surface area (TPSA) is 104 Å². The molecule has 0 aromatic heterocycles. The number of hydrogen-bond donors (Lipinski definition) is 3. The highest BCUT2D eigenvalue weighted by Gasteiger charge is 2.37. The molecular formula is C40H52N3O4P3. The third-order valence-electron chi connectivity index (χ3n) is 9.31. The fourth-order valence-electron chi connectivity index (χ4n) is 7.12. The number of nitrogens with one attached hydrogen (secondary N) is 3. The van der Waals surface area contributed by atoms with E-state index >= 15 is 0 Å². The quantitative estimate of drug-likeness (QED) is 0.0655. The molecule has 10 heteroatoms. The van der Waals surface area contributed by atoms with Crippen LogP contribution in [0.15, 0.2) is 84.9 Å². The van der Waals surface area contributed by atoms with Crippen molar-refractivity contribution >= 4 is 44.6 Å². The van der Waals surface area contributed by atoms with Crippen molar-refractivity contribution in [3.8, 4) is 0 Å². The summed E-state index contributed by atoms with van der Waals surface area (Å²) in [5, 5.41) is 11.8. The molecule has 4 aromatic carbocycles. The Balaban J connectivity index is 1.56. The van der Waals surface area contributed by atoms with Gasteiger partial charge >= 0.3 is 0 Å². The Morgan fingerprint density at radius 2 is 1.18 bits per heavy atom. The molecule has 0 fully saturated rings. The van der Waals surface area contributed by atoms with E-state index in [1.807, 2.05) is 95.3 Å². The van der Waals surface area contributed by atoms with Crippen molar-refractivity contribution in [3.05, 3.63) is 124 Å². The predicted octanol–water partition coefficient (Wildman–Crippen LogP) is 8.75. The molecule has 266 valence electrons. The second kappa shape index (κ2) is 18.5. The number of rotatable bonds is 19. The maximum atomic E-state index is 15.0. The van der Waals surface area contributed by atoms with E-state index < -0.39 is 14.6 Å². The molecule has 7 nitrogen and oxygen atoms in total. The number of carbonyl (C=O) groups is 1. The van der Waals surface area contributed by atoms with Crippen LogP contribution < -0.4 is 31.2 Å². The molecule has 0 spiro atoms. The second-order valence-corrected chi connectivity index (χ2v) is 18.9. The number of unbranched alkanes of at least 4 members (excludes halogenated alkanes) is 1. The SMILES string of the molecule is Cc1cc(C)c(C(=O)P(=O)(NCC(CCCCNP=O)CCCNP(=O)(c2ccccc2)c2c(C)cc(C)cc2C)c2ccccc2)c(C)c1. The summed E-state index contributed by atoms with van der Waals surface area (Å²) in [6.07, 6.45) is 4.08. The number of hydrogen-bond acceptors (Lipinski definition) is 4. The highest BCUT2D eigenvalue weighted by Crippen LogP contribution is 2.46. The van der Waals surface area contributed by atoms with Gasteiger partial charge in [0.1, 0.15) is 0 Å². The molecule has 3 unspecified atom stereocenters. The summed E-state index contributed by atoms with van der Waals surface area (Å²) in [6, 6.07) is 26.8.